The number of fused-ring (bicyclic) bond motifs is 3. The summed E-state index contributed by atoms with van der Waals surface area (Å²) in [5.41, 5.74) is 5.52. The average molecular weight is 569 g/mol. The van der Waals surface area contributed by atoms with Gasteiger partial charge in [0.2, 0.25) is 0 Å². The molecule has 212 valence electrons. The highest BCUT2D eigenvalue weighted by Gasteiger charge is 2.51. The van der Waals surface area contributed by atoms with Gasteiger partial charge >= 0.3 is 0 Å². The molecular formula is C40H32N4. The molecule has 0 radical (unpaired) electrons. The number of nitrogens with zero attached hydrogens (tertiary/aromatic N) is 4. The molecule has 4 nitrogen and oxygen atoms in total. The summed E-state index contributed by atoms with van der Waals surface area (Å²) in [4.78, 5) is 15.0. The van der Waals surface area contributed by atoms with Crippen LogP contribution in [0.1, 0.15) is 49.7 Å². The first kappa shape index (κ1) is 25.6. The maximum absolute atomic E-state index is 9.33. The van der Waals surface area contributed by atoms with Gasteiger partial charge in [-0.3, -0.25) is 0 Å². The Morgan fingerprint density at radius 1 is 0.545 bits per heavy atom. The Morgan fingerprint density at radius 3 is 1.68 bits per heavy atom. The molecule has 4 heteroatoms. The molecule has 5 aromatic carbocycles. The molecule has 0 unspecified atom stereocenters. The Bertz CT molecular complexity index is 2070. The van der Waals surface area contributed by atoms with Gasteiger partial charge in [0, 0.05) is 16.7 Å². The van der Waals surface area contributed by atoms with Crippen LogP contribution in [0.15, 0.2) is 103 Å². The molecular weight excluding hydrogens is 536 g/mol. The van der Waals surface area contributed by atoms with Crippen LogP contribution >= 0.6 is 0 Å². The molecule has 0 aliphatic heterocycles. The summed E-state index contributed by atoms with van der Waals surface area (Å²) in [7, 11) is 0. The van der Waals surface area contributed by atoms with Crippen LogP contribution in [0.4, 0.5) is 0 Å². The second kappa shape index (κ2) is 9.82. The lowest BCUT2D eigenvalue weighted by Gasteiger charge is -2.57. The van der Waals surface area contributed by atoms with Crippen molar-refractivity contribution in [2.45, 2.75) is 43.9 Å². The van der Waals surface area contributed by atoms with Crippen molar-refractivity contribution in [2.24, 2.45) is 17.8 Å². The van der Waals surface area contributed by atoms with Gasteiger partial charge in [-0.25, -0.2) is 15.0 Å². The smallest absolute Gasteiger partial charge is 0.164 e. The zero-order valence-electron chi connectivity index (χ0n) is 24.6. The van der Waals surface area contributed by atoms with Crippen molar-refractivity contribution < 1.29 is 0 Å². The predicted molar refractivity (Wildman–Crippen MR) is 176 cm³/mol. The molecule has 0 atom stereocenters. The van der Waals surface area contributed by atoms with Gasteiger partial charge < -0.3 is 0 Å². The van der Waals surface area contributed by atoms with Gasteiger partial charge in [-0.1, -0.05) is 84.9 Å². The van der Waals surface area contributed by atoms with E-state index in [-0.39, 0.29) is 0 Å². The van der Waals surface area contributed by atoms with Gasteiger partial charge in [0.25, 0.3) is 0 Å². The molecule has 1 aromatic heterocycles. The number of hydrogen-bond acceptors (Lipinski definition) is 4. The van der Waals surface area contributed by atoms with E-state index < -0.39 is 0 Å². The number of aromatic nitrogens is 3. The first-order chi connectivity index (χ1) is 21.6. The van der Waals surface area contributed by atoms with E-state index in [1.807, 2.05) is 36.4 Å². The average Bonchev–Trinajstić information content (AvgIpc) is 3.07. The molecule has 4 bridgehead atoms. The number of nitriles is 1. The molecule has 0 N–H and O–H groups in total. The van der Waals surface area contributed by atoms with E-state index in [4.69, 9.17) is 15.0 Å². The molecule has 6 aromatic rings. The van der Waals surface area contributed by atoms with E-state index in [0.29, 0.717) is 28.5 Å². The minimum atomic E-state index is 0.373. The van der Waals surface area contributed by atoms with Crippen molar-refractivity contribution in [3.8, 4) is 40.2 Å². The van der Waals surface area contributed by atoms with Crippen LogP contribution < -0.4 is 0 Å². The van der Waals surface area contributed by atoms with Crippen LogP contribution in [0, 0.1) is 29.1 Å². The lowest BCUT2D eigenvalue weighted by molar-refractivity contribution is -0.00518. The van der Waals surface area contributed by atoms with E-state index in [2.05, 4.69) is 72.8 Å². The van der Waals surface area contributed by atoms with Crippen LogP contribution in [-0.4, -0.2) is 15.0 Å². The van der Waals surface area contributed by atoms with Gasteiger partial charge in [0.15, 0.2) is 17.5 Å². The third kappa shape index (κ3) is 4.22. The molecule has 4 saturated carbocycles. The van der Waals surface area contributed by atoms with Crippen LogP contribution in [0.3, 0.4) is 0 Å². The third-order valence-corrected chi connectivity index (χ3v) is 10.7. The largest absolute Gasteiger partial charge is 0.208 e. The Labute approximate surface area is 257 Å². The summed E-state index contributed by atoms with van der Waals surface area (Å²) >= 11 is 0. The van der Waals surface area contributed by atoms with E-state index in [9.17, 15) is 5.26 Å². The number of benzene rings is 5. The van der Waals surface area contributed by atoms with Gasteiger partial charge in [0.1, 0.15) is 0 Å². The Hall–Kier alpha value is -4.88. The fourth-order valence-electron chi connectivity index (χ4n) is 9.07. The molecule has 4 aliphatic carbocycles. The second-order valence-electron chi connectivity index (χ2n) is 13.5. The minimum Gasteiger partial charge on any atom is -0.208 e. The molecule has 0 spiro atoms. The highest BCUT2D eigenvalue weighted by molar-refractivity contribution is 6.08. The zero-order chi connectivity index (χ0) is 29.3. The summed E-state index contributed by atoms with van der Waals surface area (Å²) in [5, 5.41) is 13.8. The molecule has 0 amide bonds. The fourth-order valence-corrected chi connectivity index (χ4v) is 9.07. The standard InChI is InChI=1S/C40H32N4/c41-24-25-6-14-35-31(19-25)7-8-32-20-33(11-15-36(32)35)39-43-37(29-4-2-1-3-5-29)42-38(44-39)30-9-12-34(13-10-30)40-21-26-16-27(22-40)18-28(17-26)23-40/h1-15,19-20,26-28H,16-18,21-23H2/t26-,27-,28-,40?. The Balaban J connectivity index is 1.13. The van der Waals surface area contributed by atoms with Crippen molar-refractivity contribution in [3.05, 3.63) is 114 Å². The zero-order valence-corrected chi connectivity index (χ0v) is 24.6. The monoisotopic (exact) mass is 568 g/mol. The fraction of sp³-hybridized carbons (Fsp3) is 0.250. The molecule has 10 rings (SSSR count). The van der Waals surface area contributed by atoms with Crippen molar-refractivity contribution in [3.63, 3.8) is 0 Å². The predicted octanol–water partition coefficient (Wildman–Crippen LogP) is 9.52. The molecule has 0 saturated heterocycles. The molecule has 4 aliphatic rings. The van der Waals surface area contributed by atoms with Crippen LogP contribution in [0.5, 0.6) is 0 Å². The van der Waals surface area contributed by atoms with E-state index >= 15 is 0 Å². The summed E-state index contributed by atoms with van der Waals surface area (Å²) in [6.45, 7) is 0. The maximum Gasteiger partial charge on any atom is 0.164 e. The quantitative estimate of drug-likeness (QED) is 0.199. The van der Waals surface area contributed by atoms with Crippen LogP contribution in [0.25, 0.3) is 55.7 Å². The topological polar surface area (TPSA) is 62.5 Å². The Morgan fingerprint density at radius 2 is 1.07 bits per heavy atom. The summed E-state index contributed by atoms with van der Waals surface area (Å²) in [5.74, 6) is 4.83. The third-order valence-electron chi connectivity index (χ3n) is 10.7. The molecule has 44 heavy (non-hydrogen) atoms. The first-order valence-electron chi connectivity index (χ1n) is 15.9. The van der Waals surface area contributed by atoms with Crippen LogP contribution in [-0.2, 0) is 5.41 Å². The maximum atomic E-state index is 9.33. The van der Waals surface area contributed by atoms with E-state index in [0.717, 1.165) is 56.0 Å². The minimum absolute atomic E-state index is 0.373. The highest BCUT2D eigenvalue weighted by atomic mass is 15.0. The SMILES string of the molecule is N#Cc1ccc2c(ccc3cc(-c4nc(-c5ccccc5)nc(-c5ccc(C67C[C@H]8C[C@H](C6)C[C@@H](C7)C8)cc5)n4)ccc32)c1. The highest BCUT2D eigenvalue weighted by Crippen LogP contribution is 2.60. The van der Waals surface area contributed by atoms with Gasteiger partial charge in [-0.2, -0.15) is 5.26 Å². The van der Waals surface area contributed by atoms with Crippen molar-refractivity contribution in [1.29, 1.82) is 5.26 Å². The molecule has 1 heterocycles. The Kier molecular flexibility index (Phi) is 5.72. The summed E-state index contributed by atoms with van der Waals surface area (Å²) in [6, 6.07) is 38.1. The number of hydrogen-bond donors (Lipinski definition) is 0. The number of rotatable bonds is 4. The second-order valence-corrected chi connectivity index (χ2v) is 13.5. The first-order valence-corrected chi connectivity index (χ1v) is 15.9. The summed E-state index contributed by atoms with van der Waals surface area (Å²) in [6.07, 6.45) is 8.47. The van der Waals surface area contributed by atoms with Crippen molar-refractivity contribution in [1.82, 2.24) is 15.0 Å². The lowest BCUT2D eigenvalue weighted by atomic mass is 9.48. The van der Waals surface area contributed by atoms with E-state index in [1.54, 1.807) is 0 Å². The van der Waals surface area contributed by atoms with Gasteiger partial charge in [-0.15, -0.1) is 0 Å². The van der Waals surface area contributed by atoms with Gasteiger partial charge in [-0.05, 0) is 107 Å². The van der Waals surface area contributed by atoms with Gasteiger partial charge in [0.05, 0.1) is 11.6 Å². The normalized spacial score (nSPS) is 23.7. The lowest BCUT2D eigenvalue weighted by Crippen LogP contribution is -2.48. The summed E-state index contributed by atoms with van der Waals surface area (Å²) < 4.78 is 0. The molecule has 4 fully saturated rings. The van der Waals surface area contributed by atoms with E-state index in [1.165, 1.54) is 44.1 Å². The van der Waals surface area contributed by atoms with Crippen LogP contribution in [0.2, 0.25) is 0 Å². The van der Waals surface area contributed by atoms with Crippen molar-refractivity contribution in [2.75, 3.05) is 0 Å². The van der Waals surface area contributed by atoms with Crippen molar-refractivity contribution >= 4 is 21.5 Å².